The number of amides is 1. The molecule has 0 saturated carbocycles. The number of anilines is 1. The van der Waals surface area contributed by atoms with Gasteiger partial charge in [-0.25, -0.2) is 0 Å². The Labute approximate surface area is 175 Å². The van der Waals surface area contributed by atoms with E-state index in [0.29, 0.717) is 16.8 Å². The number of rotatable bonds is 3. The van der Waals surface area contributed by atoms with E-state index in [-0.39, 0.29) is 17.1 Å². The Hall–Kier alpha value is -3.38. The van der Waals surface area contributed by atoms with Crippen LogP contribution in [0.4, 0.5) is 5.69 Å². The molecule has 0 aliphatic carbocycles. The molecule has 3 aromatic rings. The molecule has 6 heteroatoms. The van der Waals surface area contributed by atoms with E-state index in [4.69, 9.17) is 0 Å². The third-order valence-corrected chi connectivity index (χ3v) is 5.33. The fourth-order valence-electron chi connectivity index (χ4n) is 3.42. The number of Topliss-reactive ketones (excluding diaryl/α,β-unsaturated/α-hetero) is 1. The van der Waals surface area contributed by atoms with Crippen molar-refractivity contribution in [1.82, 2.24) is 0 Å². The van der Waals surface area contributed by atoms with Gasteiger partial charge < -0.3 is 10.2 Å². The summed E-state index contributed by atoms with van der Waals surface area (Å²) in [5, 5.41) is 20.5. The highest BCUT2D eigenvalue weighted by molar-refractivity contribution is 9.10. The number of hydrogen-bond acceptors (Lipinski definition) is 4. The lowest BCUT2D eigenvalue weighted by molar-refractivity contribution is -0.132. The van der Waals surface area contributed by atoms with Gasteiger partial charge in [-0.05, 0) is 42.0 Å². The van der Waals surface area contributed by atoms with Crippen molar-refractivity contribution in [2.45, 2.75) is 6.04 Å². The van der Waals surface area contributed by atoms with E-state index in [0.717, 1.165) is 4.47 Å². The number of carbonyl (C=O) groups is 2. The van der Waals surface area contributed by atoms with Crippen LogP contribution in [0.15, 0.2) is 88.9 Å². The zero-order valence-corrected chi connectivity index (χ0v) is 16.7. The van der Waals surface area contributed by atoms with Crippen LogP contribution in [0, 0.1) is 0 Å². The van der Waals surface area contributed by atoms with Crippen LogP contribution < -0.4 is 4.90 Å². The molecule has 144 valence electrons. The molecular weight excluding hydrogens is 434 g/mol. The van der Waals surface area contributed by atoms with Gasteiger partial charge >= 0.3 is 0 Å². The number of aromatic hydroxyl groups is 1. The fourth-order valence-corrected chi connectivity index (χ4v) is 3.69. The first kappa shape index (κ1) is 19.0. The Kier molecular flexibility index (Phi) is 4.94. The average molecular weight is 450 g/mol. The third kappa shape index (κ3) is 3.43. The van der Waals surface area contributed by atoms with Crippen molar-refractivity contribution in [1.29, 1.82) is 0 Å². The molecule has 0 radical (unpaired) electrons. The van der Waals surface area contributed by atoms with E-state index in [2.05, 4.69) is 15.9 Å². The second-order valence-electron chi connectivity index (χ2n) is 6.60. The maximum absolute atomic E-state index is 13.0. The number of benzene rings is 3. The average Bonchev–Trinajstić information content (AvgIpc) is 3.00. The molecule has 0 spiro atoms. The van der Waals surface area contributed by atoms with Gasteiger partial charge in [0, 0.05) is 15.7 Å². The van der Waals surface area contributed by atoms with Gasteiger partial charge in [0.25, 0.3) is 11.7 Å². The number of aliphatic hydroxyl groups is 1. The van der Waals surface area contributed by atoms with Crippen LogP contribution in [0.25, 0.3) is 5.76 Å². The summed E-state index contributed by atoms with van der Waals surface area (Å²) in [7, 11) is 0. The summed E-state index contributed by atoms with van der Waals surface area (Å²) in [4.78, 5) is 27.2. The molecule has 0 aromatic heterocycles. The van der Waals surface area contributed by atoms with Crippen LogP contribution in [0.5, 0.6) is 5.75 Å². The van der Waals surface area contributed by atoms with Gasteiger partial charge in [0.05, 0.1) is 11.6 Å². The summed E-state index contributed by atoms with van der Waals surface area (Å²) in [6, 6.07) is 21.1. The Bertz CT molecular complexity index is 1110. The monoisotopic (exact) mass is 449 g/mol. The number of nitrogens with zero attached hydrogens (tertiary/aromatic N) is 1. The van der Waals surface area contributed by atoms with Gasteiger partial charge in [-0.1, -0.05) is 58.4 Å². The zero-order chi connectivity index (χ0) is 20.5. The molecule has 29 heavy (non-hydrogen) atoms. The molecule has 1 atom stereocenters. The number of ketones is 1. The molecule has 3 aromatic carbocycles. The van der Waals surface area contributed by atoms with E-state index >= 15 is 0 Å². The molecule has 1 heterocycles. The van der Waals surface area contributed by atoms with Gasteiger partial charge in [0.2, 0.25) is 0 Å². The summed E-state index contributed by atoms with van der Waals surface area (Å²) in [6.45, 7) is 0. The Morgan fingerprint density at radius 3 is 2.10 bits per heavy atom. The number of halogens is 1. The zero-order valence-electron chi connectivity index (χ0n) is 15.1. The van der Waals surface area contributed by atoms with Crippen LogP contribution in [0.2, 0.25) is 0 Å². The highest BCUT2D eigenvalue weighted by Gasteiger charge is 2.46. The molecular formula is C23H16BrNO4. The highest BCUT2D eigenvalue weighted by Crippen LogP contribution is 2.42. The van der Waals surface area contributed by atoms with E-state index < -0.39 is 17.7 Å². The lowest BCUT2D eigenvalue weighted by Crippen LogP contribution is -2.29. The minimum absolute atomic E-state index is 0.0246. The normalized spacial score (nSPS) is 18.2. The van der Waals surface area contributed by atoms with Crippen LogP contribution in [0.3, 0.4) is 0 Å². The van der Waals surface area contributed by atoms with Crippen LogP contribution in [-0.4, -0.2) is 21.9 Å². The van der Waals surface area contributed by atoms with Gasteiger partial charge in [-0.2, -0.15) is 0 Å². The quantitative estimate of drug-likeness (QED) is 0.342. The summed E-state index contributed by atoms with van der Waals surface area (Å²) in [6.07, 6.45) is 0. The standard InChI is InChI=1S/C23H16BrNO4/c24-16-8-6-14(7-9-16)20-19(21(27)15-4-2-1-3-5-15)22(28)23(29)25(20)17-10-12-18(26)13-11-17/h1-13,20,26-27H/b21-19+. The third-order valence-electron chi connectivity index (χ3n) is 4.81. The predicted octanol–water partition coefficient (Wildman–Crippen LogP) is 4.78. The molecule has 1 unspecified atom stereocenters. The molecule has 2 N–H and O–H groups in total. The maximum atomic E-state index is 13.0. The molecule has 1 aliphatic rings. The lowest BCUT2D eigenvalue weighted by atomic mass is 9.95. The SMILES string of the molecule is O=C1C(=O)N(c2ccc(O)cc2)C(c2ccc(Br)cc2)/C1=C(\O)c1ccccc1. The molecule has 1 saturated heterocycles. The van der Waals surface area contributed by atoms with Crippen LogP contribution >= 0.6 is 15.9 Å². The fraction of sp³-hybridized carbons (Fsp3) is 0.0435. The topological polar surface area (TPSA) is 77.8 Å². The molecule has 0 bridgehead atoms. The van der Waals surface area contributed by atoms with Gasteiger partial charge in [0.1, 0.15) is 11.5 Å². The highest BCUT2D eigenvalue weighted by atomic mass is 79.9. The van der Waals surface area contributed by atoms with Crippen molar-refractivity contribution in [3.8, 4) is 5.75 Å². The molecule has 4 rings (SSSR count). The van der Waals surface area contributed by atoms with Crippen molar-refractivity contribution < 1.29 is 19.8 Å². The Morgan fingerprint density at radius 1 is 0.862 bits per heavy atom. The Morgan fingerprint density at radius 2 is 1.48 bits per heavy atom. The van der Waals surface area contributed by atoms with Crippen LogP contribution in [-0.2, 0) is 9.59 Å². The summed E-state index contributed by atoms with van der Waals surface area (Å²) in [5.41, 5.74) is 1.61. The molecule has 5 nitrogen and oxygen atoms in total. The minimum atomic E-state index is -0.798. The summed E-state index contributed by atoms with van der Waals surface area (Å²) in [5.74, 6) is -1.67. The first-order chi connectivity index (χ1) is 14.0. The number of hydrogen-bond donors (Lipinski definition) is 2. The van der Waals surface area contributed by atoms with Crippen molar-refractivity contribution in [2.24, 2.45) is 0 Å². The van der Waals surface area contributed by atoms with Crippen molar-refractivity contribution in [3.63, 3.8) is 0 Å². The van der Waals surface area contributed by atoms with Crippen molar-refractivity contribution >= 4 is 39.1 Å². The second-order valence-corrected chi connectivity index (χ2v) is 7.52. The largest absolute Gasteiger partial charge is 0.508 e. The van der Waals surface area contributed by atoms with Crippen molar-refractivity contribution in [2.75, 3.05) is 4.90 Å². The van der Waals surface area contributed by atoms with Gasteiger partial charge in [-0.15, -0.1) is 0 Å². The van der Waals surface area contributed by atoms with Gasteiger partial charge in [-0.3, -0.25) is 14.5 Å². The van der Waals surface area contributed by atoms with Crippen LogP contribution in [0.1, 0.15) is 17.2 Å². The molecule has 1 fully saturated rings. The van der Waals surface area contributed by atoms with Gasteiger partial charge in [0.15, 0.2) is 0 Å². The first-order valence-electron chi connectivity index (χ1n) is 8.88. The van der Waals surface area contributed by atoms with E-state index in [1.807, 2.05) is 12.1 Å². The molecule has 1 aliphatic heterocycles. The summed E-state index contributed by atoms with van der Waals surface area (Å²) >= 11 is 3.39. The number of phenolic OH excluding ortho intramolecular Hbond substituents is 1. The second kappa shape index (κ2) is 7.56. The van der Waals surface area contributed by atoms with E-state index in [1.165, 1.54) is 17.0 Å². The smallest absolute Gasteiger partial charge is 0.300 e. The minimum Gasteiger partial charge on any atom is -0.508 e. The van der Waals surface area contributed by atoms with E-state index in [9.17, 15) is 19.8 Å². The number of carbonyl (C=O) groups excluding carboxylic acids is 2. The number of phenols is 1. The first-order valence-corrected chi connectivity index (χ1v) is 9.67. The maximum Gasteiger partial charge on any atom is 0.300 e. The lowest BCUT2D eigenvalue weighted by Gasteiger charge is -2.25. The molecule has 1 amide bonds. The number of aliphatic hydroxyl groups excluding tert-OH is 1. The van der Waals surface area contributed by atoms with Crippen molar-refractivity contribution in [3.05, 3.63) is 100 Å². The van der Waals surface area contributed by atoms with E-state index in [1.54, 1.807) is 54.6 Å². The summed E-state index contributed by atoms with van der Waals surface area (Å²) < 4.78 is 0.853. The predicted molar refractivity (Wildman–Crippen MR) is 113 cm³/mol. The Balaban J connectivity index is 1.94.